The second kappa shape index (κ2) is 7.60. The van der Waals surface area contributed by atoms with Crippen molar-refractivity contribution in [3.05, 3.63) is 23.7 Å². The molecule has 20 heavy (non-hydrogen) atoms. The first kappa shape index (κ1) is 15.3. The minimum absolute atomic E-state index is 0.462. The number of thiophene rings is 1. The maximum atomic E-state index is 4.48. The van der Waals surface area contributed by atoms with Crippen LogP contribution < -0.4 is 5.32 Å². The van der Waals surface area contributed by atoms with Crippen LogP contribution in [0.1, 0.15) is 33.6 Å². The Balaban J connectivity index is 1.85. The molecule has 0 amide bonds. The predicted molar refractivity (Wildman–Crippen MR) is 89.7 cm³/mol. The number of pyridine rings is 1. The number of hydrogen-bond donors (Lipinski definition) is 1. The van der Waals surface area contributed by atoms with E-state index in [9.17, 15) is 0 Å². The van der Waals surface area contributed by atoms with Crippen LogP contribution in [-0.4, -0.2) is 35.6 Å². The molecule has 2 aromatic rings. The van der Waals surface area contributed by atoms with Crippen molar-refractivity contribution in [2.24, 2.45) is 0 Å². The van der Waals surface area contributed by atoms with Crippen LogP contribution in [0.5, 0.6) is 0 Å². The minimum Gasteiger partial charge on any atom is -0.367 e. The summed E-state index contributed by atoms with van der Waals surface area (Å²) in [6, 6.07) is 4.69. The fourth-order valence-corrected chi connectivity index (χ4v) is 3.26. The second-order valence-electron chi connectivity index (χ2n) is 5.21. The highest BCUT2D eigenvalue weighted by Gasteiger charge is 2.08. The minimum atomic E-state index is 0.462. The zero-order chi connectivity index (χ0) is 14.4. The lowest BCUT2D eigenvalue weighted by Crippen LogP contribution is -2.25. The van der Waals surface area contributed by atoms with Crippen LogP contribution in [0.2, 0.25) is 0 Å². The number of aromatic nitrogens is 1. The van der Waals surface area contributed by atoms with Crippen molar-refractivity contribution >= 4 is 27.2 Å². The molecule has 1 unspecified atom stereocenters. The van der Waals surface area contributed by atoms with E-state index in [1.807, 2.05) is 6.20 Å². The number of nitrogens with zero attached hydrogens (tertiary/aromatic N) is 2. The molecule has 1 atom stereocenters. The smallest absolute Gasteiger partial charge is 0.134 e. The Labute approximate surface area is 126 Å². The molecule has 0 bridgehead atoms. The van der Waals surface area contributed by atoms with Crippen LogP contribution in [-0.2, 0) is 0 Å². The Hall–Kier alpha value is -1.13. The maximum absolute atomic E-state index is 4.48. The van der Waals surface area contributed by atoms with Crippen molar-refractivity contribution < 1.29 is 0 Å². The van der Waals surface area contributed by atoms with Gasteiger partial charge in [-0.25, -0.2) is 4.98 Å². The van der Waals surface area contributed by atoms with Crippen LogP contribution in [0.15, 0.2) is 23.7 Å². The molecule has 0 aromatic carbocycles. The summed E-state index contributed by atoms with van der Waals surface area (Å²) < 4.78 is 1.30. The summed E-state index contributed by atoms with van der Waals surface area (Å²) in [4.78, 5) is 6.96. The third kappa shape index (κ3) is 3.93. The van der Waals surface area contributed by atoms with Gasteiger partial charge in [-0.15, -0.1) is 11.3 Å². The van der Waals surface area contributed by atoms with E-state index in [1.54, 1.807) is 11.3 Å². The molecule has 0 saturated heterocycles. The van der Waals surface area contributed by atoms with E-state index >= 15 is 0 Å². The predicted octanol–water partition coefficient (Wildman–Crippen LogP) is 4.22. The van der Waals surface area contributed by atoms with Gasteiger partial charge in [-0.3, -0.25) is 0 Å². The van der Waals surface area contributed by atoms with Gasteiger partial charge in [0.15, 0.2) is 0 Å². The van der Waals surface area contributed by atoms with Crippen LogP contribution in [0.25, 0.3) is 10.1 Å². The molecule has 0 radical (unpaired) electrons. The third-order valence-electron chi connectivity index (χ3n) is 3.77. The van der Waals surface area contributed by atoms with E-state index in [1.165, 1.54) is 29.5 Å². The van der Waals surface area contributed by atoms with E-state index in [4.69, 9.17) is 0 Å². The van der Waals surface area contributed by atoms with E-state index in [-0.39, 0.29) is 0 Å². The largest absolute Gasteiger partial charge is 0.367 e. The zero-order valence-electron chi connectivity index (χ0n) is 12.7. The quantitative estimate of drug-likeness (QED) is 0.789. The summed E-state index contributed by atoms with van der Waals surface area (Å²) in [5, 5.41) is 6.93. The molecule has 2 rings (SSSR count). The van der Waals surface area contributed by atoms with Crippen molar-refractivity contribution in [3.63, 3.8) is 0 Å². The Morgan fingerprint density at radius 1 is 1.30 bits per heavy atom. The lowest BCUT2D eigenvalue weighted by molar-refractivity contribution is 0.295. The van der Waals surface area contributed by atoms with Gasteiger partial charge in [-0.1, -0.05) is 13.8 Å². The standard InChI is InChI=1S/C16H25N3S/c1-4-19(5-2)11-6-7-13(3)18-16-14-9-12-20-15(14)8-10-17-16/h8-10,12-13H,4-7,11H2,1-3H3,(H,17,18). The highest BCUT2D eigenvalue weighted by molar-refractivity contribution is 7.17. The first-order valence-electron chi connectivity index (χ1n) is 7.55. The van der Waals surface area contributed by atoms with E-state index in [0.29, 0.717) is 6.04 Å². The van der Waals surface area contributed by atoms with Gasteiger partial charge in [0.1, 0.15) is 5.82 Å². The van der Waals surface area contributed by atoms with Gasteiger partial charge in [-0.2, -0.15) is 0 Å². The molecule has 3 nitrogen and oxygen atoms in total. The number of anilines is 1. The molecule has 2 aromatic heterocycles. The molecule has 0 aliphatic heterocycles. The lowest BCUT2D eigenvalue weighted by Gasteiger charge is -2.20. The molecule has 0 aliphatic rings. The fourth-order valence-electron chi connectivity index (χ4n) is 2.48. The zero-order valence-corrected chi connectivity index (χ0v) is 13.5. The third-order valence-corrected chi connectivity index (χ3v) is 4.65. The topological polar surface area (TPSA) is 28.2 Å². The normalized spacial score (nSPS) is 13.0. The van der Waals surface area contributed by atoms with Crippen LogP contribution in [0.3, 0.4) is 0 Å². The number of hydrogen-bond acceptors (Lipinski definition) is 4. The second-order valence-corrected chi connectivity index (χ2v) is 6.15. The Morgan fingerprint density at radius 2 is 2.10 bits per heavy atom. The Morgan fingerprint density at radius 3 is 2.85 bits per heavy atom. The van der Waals surface area contributed by atoms with Gasteiger partial charge in [0.05, 0.1) is 0 Å². The summed E-state index contributed by atoms with van der Waals surface area (Å²) >= 11 is 1.77. The van der Waals surface area contributed by atoms with Crippen molar-refractivity contribution in [1.82, 2.24) is 9.88 Å². The molecule has 0 saturated carbocycles. The first-order chi connectivity index (χ1) is 9.74. The number of nitrogens with one attached hydrogen (secondary N) is 1. The molecule has 2 heterocycles. The van der Waals surface area contributed by atoms with Crippen LogP contribution >= 0.6 is 11.3 Å². The van der Waals surface area contributed by atoms with Gasteiger partial charge >= 0.3 is 0 Å². The fraction of sp³-hybridized carbons (Fsp3) is 0.562. The van der Waals surface area contributed by atoms with Crippen molar-refractivity contribution in [3.8, 4) is 0 Å². The van der Waals surface area contributed by atoms with Crippen molar-refractivity contribution in [1.29, 1.82) is 0 Å². The van der Waals surface area contributed by atoms with Crippen LogP contribution in [0, 0.1) is 0 Å². The summed E-state index contributed by atoms with van der Waals surface area (Å²) in [6.07, 6.45) is 4.30. The van der Waals surface area contributed by atoms with Gasteiger partial charge < -0.3 is 10.2 Å². The van der Waals surface area contributed by atoms with Crippen LogP contribution in [0.4, 0.5) is 5.82 Å². The summed E-state index contributed by atoms with van der Waals surface area (Å²) in [5.41, 5.74) is 0. The molecule has 4 heteroatoms. The van der Waals surface area contributed by atoms with E-state index in [0.717, 1.165) is 18.9 Å². The monoisotopic (exact) mass is 291 g/mol. The molecule has 0 aliphatic carbocycles. The van der Waals surface area contributed by atoms with Gasteiger partial charge in [0, 0.05) is 22.3 Å². The Bertz CT molecular complexity index is 519. The van der Waals surface area contributed by atoms with Gasteiger partial charge in [0.25, 0.3) is 0 Å². The van der Waals surface area contributed by atoms with Crippen molar-refractivity contribution in [2.45, 2.75) is 39.7 Å². The average Bonchev–Trinajstić information content (AvgIpc) is 2.93. The highest BCUT2D eigenvalue weighted by Crippen LogP contribution is 2.26. The molecule has 0 spiro atoms. The maximum Gasteiger partial charge on any atom is 0.134 e. The number of fused-ring (bicyclic) bond motifs is 1. The molecule has 0 fully saturated rings. The first-order valence-corrected chi connectivity index (χ1v) is 8.43. The summed E-state index contributed by atoms with van der Waals surface area (Å²) in [7, 11) is 0. The number of rotatable bonds is 8. The van der Waals surface area contributed by atoms with Gasteiger partial charge in [-0.05, 0) is 56.9 Å². The average molecular weight is 291 g/mol. The Kier molecular flexibility index (Phi) is 5.80. The molecular weight excluding hydrogens is 266 g/mol. The van der Waals surface area contributed by atoms with Gasteiger partial charge in [0.2, 0.25) is 0 Å². The SMILES string of the molecule is CCN(CC)CCCC(C)Nc1nccc2sccc12. The molecule has 110 valence electrons. The van der Waals surface area contributed by atoms with Crippen molar-refractivity contribution in [2.75, 3.05) is 25.0 Å². The molecular formula is C16H25N3S. The highest BCUT2D eigenvalue weighted by atomic mass is 32.1. The summed E-state index contributed by atoms with van der Waals surface area (Å²) in [6.45, 7) is 10.2. The molecule has 1 N–H and O–H groups in total. The lowest BCUT2D eigenvalue weighted by atomic mass is 10.1. The summed E-state index contributed by atoms with van der Waals surface area (Å²) in [5.74, 6) is 1.03. The van der Waals surface area contributed by atoms with E-state index in [2.05, 4.69) is 53.5 Å². The van der Waals surface area contributed by atoms with E-state index < -0.39 is 0 Å².